The molecule has 1 saturated heterocycles. The summed E-state index contributed by atoms with van der Waals surface area (Å²) in [4.78, 5) is 0. The van der Waals surface area contributed by atoms with Crippen LogP contribution in [-0.4, -0.2) is 54.5 Å². The minimum Gasteiger partial charge on any atom is -0.492 e. The summed E-state index contributed by atoms with van der Waals surface area (Å²) in [5.41, 5.74) is 0. The predicted molar refractivity (Wildman–Crippen MR) is 93.0 cm³/mol. The Morgan fingerprint density at radius 1 is 1.16 bits per heavy atom. The lowest BCUT2D eigenvalue weighted by molar-refractivity contribution is 0.123. The van der Waals surface area contributed by atoms with Gasteiger partial charge in [0.25, 0.3) is 0 Å². The van der Waals surface area contributed by atoms with Crippen molar-refractivity contribution in [3.8, 4) is 11.6 Å². The van der Waals surface area contributed by atoms with Crippen LogP contribution in [0.25, 0.3) is 0 Å². The molecule has 0 spiro atoms. The third kappa shape index (κ3) is 5.14. The van der Waals surface area contributed by atoms with Crippen molar-refractivity contribution < 1.29 is 17.9 Å². The first kappa shape index (κ1) is 17.6. The second kappa shape index (κ2) is 8.26. The first-order chi connectivity index (χ1) is 12.1. The predicted octanol–water partition coefficient (Wildman–Crippen LogP) is 1.73. The van der Waals surface area contributed by atoms with Crippen molar-refractivity contribution in [3.63, 3.8) is 0 Å². The van der Waals surface area contributed by atoms with Crippen molar-refractivity contribution >= 4 is 10.0 Å². The number of nitrogens with zero attached hydrogens (tertiary/aromatic N) is 3. The molecule has 1 aliphatic rings. The van der Waals surface area contributed by atoms with E-state index < -0.39 is 10.0 Å². The smallest absolute Gasteiger partial charge is 0.233 e. The zero-order valence-electron chi connectivity index (χ0n) is 13.8. The molecule has 3 rings (SSSR count). The van der Waals surface area contributed by atoms with E-state index in [9.17, 15) is 8.42 Å². The highest BCUT2D eigenvalue weighted by Gasteiger charge is 2.30. The van der Waals surface area contributed by atoms with Gasteiger partial charge in [-0.05, 0) is 31.0 Å². The van der Waals surface area contributed by atoms with Gasteiger partial charge in [0, 0.05) is 18.8 Å². The molecule has 1 fully saturated rings. The summed E-state index contributed by atoms with van der Waals surface area (Å²) in [6, 6.07) is 12.6. The third-order valence-electron chi connectivity index (χ3n) is 3.92. The van der Waals surface area contributed by atoms with E-state index in [-0.39, 0.29) is 18.5 Å². The first-order valence-corrected chi connectivity index (χ1v) is 9.84. The van der Waals surface area contributed by atoms with Crippen LogP contribution in [0.5, 0.6) is 11.6 Å². The van der Waals surface area contributed by atoms with Crippen molar-refractivity contribution in [2.75, 3.05) is 25.4 Å². The number of piperidine rings is 1. The zero-order valence-corrected chi connectivity index (χ0v) is 14.6. The standard InChI is InChI=1S/C17H21N3O4S/c21-25(22,13-12-23-15-6-2-1-3-7-15)20-11-5-8-16(14-20)24-17-9-4-10-18-19-17/h1-4,6-7,9-10,16H,5,8,11-14H2. The van der Waals surface area contributed by atoms with Crippen molar-refractivity contribution in [1.82, 2.24) is 14.5 Å². The highest BCUT2D eigenvalue weighted by Crippen LogP contribution is 2.19. The number of para-hydroxylation sites is 1. The largest absolute Gasteiger partial charge is 0.492 e. The van der Waals surface area contributed by atoms with Crippen molar-refractivity contribution in [1.29, 1.82) is 0 Å². The Labute approximate surface area is 147 Å². The van der Waals surface area contributed by atoms with Gasteiger partial charge in [0.1, 0.15) is 18.5 Å². The molecule has 134 valence electrons. The molecule has 1 aliphatic heterocycles. The lowest BCUT2D eigenvalue weighted by Gasteiger charge is -2.31. The van der Waals surface area contributed by atoms with Crippen molar-refractivity contribution in [2.24, 2.45) is 0 Å². The molecule has 0 amide bonds. The maximum atomic E-state index is 12.5. The van der Waals surface area contributed by atoms with Gasteiger partial charge in [-0.3, -0.25) is 0 Å². The topological polar surface area (TPSA) is 81.6 Å². The SMILES string of the molecule is O=S(=O)(CCOc1ccccc1)N1CCCC(Oc2cccnn2)C1. The molecule has 7 nitrogen and oxygen atoms in total. The number of rotatable bonds is 7. The summed E-state index contributed by atoms with van der Waals surface area (Å²) in [5.74, 6) is 1.03. The second-order valence-electron chi connectivity index (χ2n) is 5.78. The van der Waals surface area contributed by atoms with Crippen LogP contribution < -0.4 is 9.47 Å². The average Bonchev–Trinajstić information content (AvgIpc) is 2.64. The van der Waals surface area contributed by atoms with Crippen molar-refractivity contribution in [2.45, 2.75) is 18.9 Å². The van der Waals surface area contributed by atoms with Crippen LogP contribution in [0.3, 0.4) is 0 Å². The Bertz CT molecular complexity index is 756. The van der Waals surface area contributed by atoms with Crippen LogP contribution in [0, 0.1) is 0 Å². The van der Waals surface area contributed by atoms with E-state index >= 15 is 0 Å². The van der Waals surface area contributed by atoms with E-state index in [4.69, 9.17) is 9.47 Å². The fraction of sp³-hybridized carbons (Fsp3) is 0.412. The maximum absolute atomic E-state index is 12.5. The molecule has 1 atom stereocenters. The molecule has 1 aromatic carbocycles. The number of sulfonamides is 1. The fourth-order valence-corrected chi connectivity index (χ4v) is 4.04. The number of aromatic nitrogens is 2. The zero-order chi connectivity index (χ0) is 17.5. The van der Waals surface area contributed by atoms with Crippen LogP contribution in [-0.2, 0) is 10.0 Å². The Morgan fingerprint density at radius 3 is 2.76 bits per heavy atom. The molecule has 25 heavy (non-hydrogen) atoms. The highest BCUT2D eigenvalue weighted by molar-refractivity contribution is 7.89. The molecule has 1 unspecified atom stereocenters. The Hall–Kier alpha value is -2.19. The molecule has 8 heteroatoms. The van der Waals surface area contributed by atoms with Gasteiger partial charge in [0.2, 0.25) is 15.9 Å². The Morgan fingerprint density at radius 2 is 2.00 bits per heavy atom. The molecule has 2 aromatic rings. The summed E-state index contributed by atoms with van der Waals surface area (Å²) >= 11 is 0. The number of benzene rings is 1. The molecule has 0 aliphatic carbocycles. The van der Waals surface area contributed by atoms with Gasteiger partial charge >= 0.3 is 0 Å². The lowest BCUT2D eigenvalue weighted by Crippen LogP contribution is -2.45. The Balaban J connectivity index is 1.52. The summed E-state index contributed by atoms with van der Waals surface area (Å²) in [6.45, 7) is 0.955. The van der Waals surface area contributed by atoms with Crippen LogP contribution in [0.1, 0.15) is 12.8 Å². The summed E-state index contributed by atoms with van der Waals surface area (Å²) < 4.78 is 37.8. The molecule has 0 N–H and O–H groups in total. The van der Waals surface area contributed by atoms with Crippen molar-refractivity contribution in [3.05, 3.63) is 48.7 Å². The van der Waals surface area contributed by atoms with Crippen LogP contribution >= 0.6 is 0 Å². The van der Waals surface area contributed by atoms with Crippen LogP contribution in [0.15, 0.2) is 48.7 Å². The third-order valence-corrected chi connectivity index (χ3v) is 5.72. The summed E-state index contributed by atoms with van der Waals surface area (Å²) in [7, 11) is -3.39. The number of hydrogen-bond acceptors (Lipinski definition) is 6. The minimum atomic E-state index is -3.39. The van der Waals surface area contributed by atoms with E-state index in [0.29, 0.717) is 24.7 Å². The number of ether oxygens (including phenoxy) is 2. The molecule has 0 saturated carbocycles. The molecule has 1 aromatic heterocycles. The van der Waals surface area contributed by atoms with Crippen LogP contribution in [0.2, 0.25) is 0 Å². The fourth-order valence-electron chi connectivity index (χ4n) is 2.69. The van der Waals surface area contributed by atoms with E-state index in [2.05, 4.69) is 10.2 Å². The second-order valence-corrected chi connectivity index (χ2v) is 7.87. The monoisotopic (exact) mass is 363 g/mol. The van der Waals surface area contributed by atoms with E-state index in [1.807, 2.05) is 18.2 Å². The Kier molecular flexibility index (Phi) is 5.83. The van der Waals surface area contributed by atoms with Gasteiger partial charge in [-0.15, -0.1) is 5.10 Å². The van der Waals surface area contributed by atoms with Crippen LogP contribution in [0.4, 0.5) is 0 Å². The number of hydrogen-bond donors (Lipinski definition) is 0. The van der Waals surface area contributed by atoms with Gasteiger partial charge in [-0.2, -0.15) is 9.40 Å². The molecule has 0 bridgehead atoms. The van der Waals surface area contributed by atoms with E-state index in [1.165, 1.54) is 4.31 Å². The minimum absolute atomic E-state index is 0.0558. The van der Waals surface area contributed by atoms with Gasteiger partial charge in [0.15, 0.2) is 0 Å². The molecule has 2 heterocycles. The summed E-state index contributed by atoms with van der Waals surface area (Å²) in [5, 5.41) is 7.65. The summed E-state index contributed by atoms with van der Waals surface area (Å²) in [6.07, 6.45) is 2.90. The van der Waals surface area contributed by atoms with Gasteiger partial charge < -0.3 is 9.47 Å². The van der Waals surface area contributed by atoms with E-state index in [0.717, 1.165) is 12.8 Å². The van der Waals surface area contributed by atoms with Gasteiger partial charge in [-0.25, -0.2) is 8.42 Å². The van der Waals surface area contributed by atoms with Gasteiger partial charge in [-0.1, -0.05) is 18.2 Å². The maximum Gasteiger partial charge on any atom is 0.233 e. The average molecular weight is 363 g/mol. The first-order valence-electron chi connectivity index (χ1n) is 8.23. The molecular formula is C17H21N3O4S. The molecule has 0 radical (unpaired) electrons. The quantitative estimate of drug-likeness (QED) is 0.745. The lowest BCUT2D eigenvalue weighted by atomic mass is 10.1. The van der Waals surface area contributed by atoms with Gasteiger partial charge in [0.05, 0.1) is 12.3 Å². The van der Waals surface area contributed by atoms with E-state index in [1.54, 1.807) is 30.5 Å². The molecular weight excluding hydrogens is 342 g/mol. The normalized spacial score (nSPS) is 18.6. The highest BCUT2D eigenvalue weighted by atomic mass is 32.2.